The molecule has 0 aromatic carbocycles. The number of hydrogen-bond donors (Lipinski definition) is 2. The van der Waals surface area contributed by atoms with Crippen molar-refractivity contribution in [3.8, 4) is 5.82 Å². The van der Waals surface area contributed by atoms with Gasteiger partial charge in [0.25, 0.3) is 5.56 Å². The molecule has 4 rings (SSSR count). The number of rotatable bonds is 4. The highest BCUT2D eigenvalue weighted by molar-refractivity contribution is 5.24. The number of aryl methyl sites for hydroxylation is 2. The molecule has 0 spiro atoms. The predicted octanol–water partition coefficient (Wildman–Crippen LogP) is 0.879. The van der Waals surface area contributed by atoms with Crippen molar-refractivity contribution in [3.05, 3.63) is 39.9 Å². The minimum Gasteiger partial charge on any atom is -0.389 e. The van der Waals surface area contributed by atoms with Crippen LogP contribution >= 0.6 is 0 Å². The Bertz CT molecular complexity index is 853. The van der Waals surface area contributed by atoms with Crippen LogP contribution in [0.4, 0.5) is 0 Å². The van der Waals surface area contributed by atoms with Crippen LogP contribution in [0.3, 0.4) is 0 Å². The molecule has 2 atom stereocenters. The molecule has 1 aliphatic carbocycles. The van der Waals surface area contributed by atoms with Crippen molar-refractivity contribution in [3.63, 3.8) is 0 Å². The molecule has 2 aromatic rings. The summed E-state index contributed by atoms with van der Waals surface area (Å²) in [7, 11) is 0. The normalized spacial score (nSPS) is 28.6. The Morgan fingerprint density at radius 3 is 2.56 bits per heavy atom. The Hall–Kier alpha value is -2.03. The highest BCUT2D eigenvalue weighted by atomic mass is 16.5. The first-order valence-corrected chi connectivity index (χ1v) is 9.66. The van der Waals surface area contributed by atoms with Crippen molar-refractivity contribution >= 4 is 0 Å². The lowest BCUT2D eigenvalue weighted by atomic mass is 9.90. The number of nitrogens with one attached hydrogen (secondary N) is 1. The van der Waals surface area contributed by atoms with Crippen molar-refractivity contribution in [2.24, 2.45) is 0 Å². The summed E-state index contributed by atoms with van der Waals surface area (Å²) in [6.45, 7) is 4.90. The maximum atomic E-state index is 12.4. The molecule has 146 valence electrons. The summed E-state index contributed by atoms with van der Waals surface area (Å²) in [5.41, 5.74) is 1.85. The number of hydrogen-bond acceptors (Lipinski definition) is 6. The van der Waals surface area contributed by atoms with Gasteiger partial charge in [0.15, 0.2) is 5.82 Å². The molecule has 2 aliphatic rings. The summed E-state index contributed by atoms with van der Waals surface area (Å²) in [6.07, 6.45) is 3.24. The highest BCUT2D eigenvalue weighted by Gasteiger charge is 2.31. The fraction of sp³-hybridized carbons (Fsp3) is 0.632. The third kappa shape index (κ3) is 3.83. The number of aromatic nitrogens is 4. The summed E-state index contributed by atoms with van der Waals surface area (Å²) in [6, 6.07) is 5.76. The van der Waals surface area contributed by atoms with Crippen LogP contribution in [0.5, 0.6) is 0 Å². The molecule has 2 aromatic heterocycles. The lowest BCUT2D eigenvalue weighted by Crippen LogP contribution is -2.46. The fourth-order valence-corrected chi connectivity index (χ4v) is 4.14. The highest BCUT2D eigenvalue weighted by Crippen LogP contribution is 2.28. The second kappa shape index (κ2) is 7.53. The van der Waals surface area contributed by atoms with E-state index in [4.69, 9.17) is 4.74 Å². The molecule has 0 amide bonds. The predicted molar refractivity (Wildman–Crippen MR) is 100 cm³/mol. The molecule has 0 bridgehead atoms. The number of aliphatic hydroxyl groups is 1. The van der Waals surface area contributed by atoms with Gasteiger partial charge in [-0.3, -0.25) is 4.79 Å². The lowest BCUT2D eigenvalue weighted by molar-refractivity contribution is 0.119. The first-order chi connectivity index (χ1) is 13.0. The van der Waals surface area contributed by atoms with Gasteiger partial charge in [-0.15, -0.1) is 5.10 Å². The van der Waals surface area contributed by atoms with Gasteiger partial charge in [-0.25, -0.2) is 9.36 Å². The first kappa shape index (κ1) is 18.3. The average molecular weight is 373 g/mol. The fourth-order valence-electron chi connectivity index (χ4n) is 4.14. The van der Waals surface area contributed by atoms with Gasteiger partial charge < -0.3 is 15.2 Å². The van der Waals surface area contributed by atoms with Crippen molar-refractivity contribution < 1.29 is 9.84 Å². The number of nitrogens with zero attached hydrogens (tertiary/aromatic N) is 4. The SMILES string of the molecule is Cc1cc(C)n(-c2ccc(=O)n(C3CCC(NC4COCC4O)CC3)n2)n1. The number of aliphatic hydroxyl groups excluding tert-OH is 1. The maximum absolute atomic E-state index is 12.4. The van der Waals surface area contributed by atoms with Crippen LogP contribution in [0.1, 0.15) is 43.1 Å². The Kier molecular flexibility index (Phi) is 5.12. The van der Waals surface area contributed by atoms with E-state index >= 15 is 0 Å². The van der Waals surface area contributed by atoms with Crippen molar-refractivity contribution in [2.75, 3.05) is 13.2 Å². The van der Waals surface area contributed by atoms with Crippen molar-refractivity contribution in [2.45, 2.75) is 63.8 Å². The molecule has 1 saturated heterocycles. The Morgan fingerprint density at radius 1 is 1.15 bits per heavy atom. The molecule has 1 aliphatic heterocycles. The topological polar surface area (TPSA) is 94.2 Å². The lowest BCUT2D eigenvalue weighted by Gasteiger charge is -2.31. The van der Waals surface area contributed by atoms with Gasteiger partial charge >= 0.3 is 0 Å². The smallest absolute Gasteiger partial charge is 0.267 e. The second-order valence-corrected chi connectivity index (χ2v) is 7.70. The van der Waals surface area contributed by atoms with Gasteiger partial charge in [-0.05, 0) is 51.7 Å². The summed E-state index contributed by atoms with van der Waals surface area (Å²) in [5, 5.41) is 22.5. The molecule has 8 nitrogen and oxygen atoms in total. The molecule has 8 heteroatoms. The second-order valence-electron chi connectivity index (χ2n) is 7.70. The standard InChI is InChI=1S/C19H27N5O3/c1-12-9-13(2)23(21-12)18-7-8-19(26)24(22-18)15-5-3-14(4-6-15)20-16-10-27-11-17(16)25/h7-9,14-17,20,25H,3-6,10-11H2,1-2H3. The van der Waals surface area contributed by atoms with Gasteiger partial charge in [0.2, 0.25) is 0 Å². The van der Waals surface area contributed by atoms with Gasteiger partial charge in [-0.2, -0.15) is 5.10 Å². The van der Waals surface area contributed by atoms with E-state index in [9.17, 15) is 9.90 Å². The minimum atomic E-state index is -0.426. The first-order valence-electron chi connectivity index (χ1n) is 9.66. The third-order valence-electron chi connectivity index (χ3n) is 5.58. The zero-order valence-corrected chi connectivity index (χ0v) is 15.8. The zero-order chi connectivity index (χ0) is 19.0. The van der Waals surface area contributed by atoms with E-state index in [0.29, 0.717) is 25.1 Å². The van der Waals surface area contributed by atoms with Crippen LogP contribution in [0, 0.1) is 13.8 Å². The summed E-state index contributed by atoms with van der Waals surface area (Å²) in [4.78, 5) is 12.4. The molecule has 3 heterocycles. The van der Waals surface area contributed by atoms with Crippen molar-refractivity contribution in [1.82, 2.24) is 24.9 Å². The Labute approximate surface area is 158 Å². The van der Waals surface area contributed by atoms with Crippen LogP contribution in [-0.4, -0.2) is 56.1 Å². The quantitative estimate of drug-likeness (QED) is 0.826. The van der Waals surface area contributed by atoms with Crippen LogP contribution in [-0.2, 0) is 4.74 Å². The molecule has 2 N–H and O–H groups in total. The largest absolute Gasteiger partial charge is 0.389 e. The van der Waals surface area contributed by atoms with E-state index in [1.54, 1.807) is 21.5 Å². The van der Waals surface area contributed by atoms with Crippen LogP contribution in [0.15, 0.2) is 23.0 Å². The maximum Gasteiger partial charge on any atom is 0.267 e. The molecule has 2 unspecified atom stereocenters. The van der Waals surface area contributed by atoms with E-state index in [1.165, 1.54) is 0 Å². The average Bonchev–Trinajstić information content (AvgIpc) is 3.21. The molecular formula is C19H27N5O3. The van der Waals surface area contributed by atoms with Crippen LogP contribution in [0.2, 0.25) is 0 Å². The summed E-state index contributed by atoms with van der Waals surface area (Å²) < 4.78 is 8.71. The summed E-state index contributed by atoms with van der Waals surface area (Å²) >= 11 is 0. The van der Waals surface area contributed by atoms with Crippen molar-refractivity contribution in [1.29, 1.82) is 0 Å². The van der Waals surface area contributed by atoms with Gasteiger partial charge in [0, 0.05) is 17.8 Å². The molecule has 1 saturated carbocycles. The molecular weight excluding hydrogens is 346 g/mol. The monoisotopic (exact) mass is 373 g/mol. The van der Waals surface area contributed by atoms with E-state index in [0.717, 1.165) is 37.1 Å². The molecule has 27 heavy (non-hydrogen) atoms. The zero-order valence-electron chi connectivity index (χ0n) is 15.8. The van der Waals surface area contributed by atoms with E-state index in [-0.39, 0.29) is 17.6 Å². The number of ether oxygens (including phenoxy) is 1. The minimum absolute atomic E-state index is 0.0155. The molecule has 2 fully saturated rings. The van der Waals surface area contributed by atoms with Crippen LogP contribution < -0.4 is 10.9 Å². The van der Waals surface area contributed by atoms with Crippen LogP contribution in [0.25, 0.3) is 5.82 Å². The molecule has 0 radical (unpaired) electrons. The van der Waals surface area contributed by atoms with Gasteiger partial charge in [0.1, 0.15) is 0 Å². The van der Waals surface area contributed by atoms with Gasteiger partial charge in [0.05, 0.1) is 37.1 Å². The Morgan fingerprint density at radius 2 is 1.93 bits per heavy atom. The van der Waals surface area contributed by atoms with E-state index in [1.807, 2.05) is 19.9 Å². The Balaban J connectivity index is 1.46. The van der Waals surface area contributed by atoms with E-state index in [2.05, 4.69) is 15.5 Å². The summed E-state index contributed by atoms with van der Waals surface area (Å²) in [5.74, 6) is 0.673. The van der Waals surface area contributed by atoms with E-state index < -0.39 is 6.10 Å². The third-order valence-corrected chi connectivity index (χ3v) is 5.58. The van der Waals surface area contributed by atoms with Gasteiger partial charge in [-0.1, -0.05) is 0 Å².